The molecule has 0 aliphatic heterocycles. The van der Waals surface area contributed by atoms with Crippen LogP contribution in [0, 0.1) is 0 Å². The van der Waals surface area contributed by atoms with E-state index >= 15 is 0 Å². The molecule has 9 heteroatoms. The smallest absolute Gasteiger partial charge is 0.790 e. The summed E-state index contributed by atoms with van der Waals surface area (Å²) in [6.45, 7) is 5.29. The monoisotopic (exact) mass is 356 g/mol. The van der Waals surface area contributed by atoms with Gasteiger partial charge in [-0.2, -0.15) is 0 Å². The summed E-state index contributed by atoms with van der Waals surface area (Å²) in [4.78, 5) is 21.0. The van der Waals surface area contributed by atoms with Crippen molar-refractivity contribution in [3.8, 4) is 0 Å². The summed E-state index contributed by atoms with van der Waals surface area (Å²) >= 11 is 0. The Balaban J connectivity index is -0.00000180. The Morgan fingerprint density at radius 1 is 0.909 bits per heavy atom. The van der Waals surface area contributed by atoms with E-state index in [1.165, 1.54) is 0 Å². The molecule has 0 saturated carbocycles. The van der Waals surface area contributed by atoms with Gasteiger partial charge in [-0.05, 0) is 12.8 Å². The van der Waals surface area contributed by atoms with Crippen molar-refractivity contribution in [2.75, 3.05) is 26.4 Å². The number of rotatable bonds is 14. The van der Waals surface area contributed by atoms with E-state index in [-0.39, 0.29) is 72.3 Å². The molecule has 1 atom stereocenters. The first-order chi connectivity index (χ1) is 9.49. The SMILES string of the molecule is CCCCCOC[C@H](COP(=O)([O-])[O-])OCCCCC.[Na+].[Na+]. The van der Waals surface area contributed by atoms with E-state index in [0.29, 0.717) is 13.2 Å². The maximum atomic E-state index is 10.5. The molecule has 22 heavy (non-hydrogen) atoms. The third-order valence-corrected chi connectivity index (χ3v) is 3.18. The molecule has 0 spiro atoms. The quantitative estimate of drug-likeness (QED) is 0.177. The molecule has 0 aliphatic carbocycles. The van der Waals surface area contributed by atoms with Crippen LogP contribution < -0.4 is 68.9 Å². The van der Waals surface area contributed by atoms with Gasteiger partial charge in [-0.1, -0.05) is 39.5 Å². The molecule has 0 N–H and O–H groups in total. The van der Waals surface area contributed by atoms with Crippen LogP contribution in [0.5, 0.6) is 0 Å². The summed E-state index contributed by atoms with van der Waals surface area (Å²) in [7, 11) is -4.95. The average molecular weight is 356 g/mol. The van der Waals surface area contributed by atoms with E-state index in [4.69, 9.17) is 9.47 Å². The van der Waals surface area contributed by atoms with Crippen LogP contribution in [-0.2, 0) is 18.6 Å². The van der Waals surface area contributed by atoms with Crippen molar-refractivity contribution < 1.29 is 87.5 Å². The maximum Gasteiger partial charge on any atom is 1.00 e. The number of ether oxygens (including phenoxy) is 2. The summed E-state index contributed by atoms with van der Waals surface area (Å²) in [5.74, 6) is 0. The van der Waals surface area contributed by atoms with E-state index in [0.717, 1.165) is 38.5 Å². The first kappa shape index (κ1) is 28.8. The van der Waals surface area contributed by atoms with Crippen LogP contribution in [-0.4, -0.2) is 32.5 Å². The Morgan fingerprint density at radius 3 is 1.95 bits per heavy atom. The predicted octanol–water partition coefficient (Wildman–Crippen LogP) is -4.38. The zero-order valence-corrected chi connectivity index (χ0v) is 19.4. The van der Waals surface area contributed by atoms with Crippen molar-refractivity contribution in [3.63, 3.8) is 0 Å². The van der Waals surface area contributed by atoms with Crippen LogP contribution in [0.25, 0.3) is 0 Å². The van der Waals surface area contributed by atoms with Gasteiger partial charge >= 0.3 is 59.1 Å². The molecule has 0 radical (unpaired) electrons. The Labute approximate surface area is 178 Å². The molecule has 0 amide bonds. The third kappa shape index (κ3) is 22.0. The minimum atomic E-state index is -4.95. The van der Waals surface area contributed by atoms with Crippen molar-refractivity contribution in [1.82, 2.24) is 0 Å². The Hall–Kier alpha value is 2.03. The normalized spacial score (nSPS) is 12.4. The van der Waals surface area contributed by atoms with Gasteiger partial charge in [0.1, 0.15) is 6.10 Å². The van der Waals surface area contributed by atoms with Crippen LogP contribution in [0.15, 0.2) is 0 Å². The standard InChI is InChI=1S/C13H29O6P.2Na/c1-3-5-7-9-17-11-13(12-19-20(14,15)16)18-10-8-6-4-2;;/h13H,3-12H2,1-2H3,(H2,14,15,16);;/q;2*+1/p-2/t13-;;/m1../s1. The molecule has 0 aromatic rings. The molecule has 0 rings (SSSR count). The van der Waals surface area contributed by atoms with Gasteiger partial charge in [0.05, 0.1) is 21.0 Å². The van der Waals surface area contributed by atoms with Gasteiger partial charge in [-0.25, -0.2) is 0 Å². The Kier molecular flexibility index (Phi) is 25.4. The fraction of sp³-hybridized carbons (Fsp3) is 1.00. The third-order valence-electron chi connectivity index (χ3n) is 2.72. The first-order valence-corrected chi connectivity index (χ1v) is 8.81. The average Bonchev–Trinajstić information content (AvgIpc) is 2.38. The van der Waals surface area contributed by atoms with E-state index in [1.54, 1.807) is 0 Å². The fourth-order valence-corrected chi connectivity index (χ4v) is 1.94. The molecule has 0 aliphatic rings. The summed E-state index contributed by atoms with van der Waals surface area (Å²) in [5.41, 5.74) is 0. The maximum absolute atomic E-state index is 10.5. The van der Waals surface area contributed by atoms with Gasteiger partial charge in [-0.3, -0.25) is 0 Å². The van der Waals surface area contributed by atoms with Gasteiger partial charge < -0.3 is 28.3 Å². The van der Waals surface area contributed by atoms with Crippen LogP contribution in [0.2, 0.25) is 0 Å². The van der Waals surface area contributed by atoms with Crippen LogP contribution in [0.1, 0.15) is 52.4 Å². The molecule has 0 saturated heterocycles. The van der Waals surface area contributed by atoms with Crippen molar-refractivity contribution in [2.45, 2.75) is 58.5 Å². The molecule has 0 heterocycles. The molecule has 0 unspecified atom stereocenters. The van der Waals surface area contributed by atoms with Gasteiger partial charge in [0.15, 0.2) is 0 Å². The van der Waals surface area contributed by atoms with Crippen LogP contribution >= 0.6 is 7.82 Å². The minimum absolute atomic E-state index is 0. The van der Waals surface area contributed by atoms with Gasteiger partial charge in [0.25, 0.3) is 0 Å². The first-order valence-electron chi connectivity index (χ1n) is 7.35. The Morgan fingerprint density at radius 2 is 1.45 bits per heavy atom. The largest absolute Gasteiger partial charge is 1.00 e. The number of hydrogen-bond donors (Lipinski definition) is 0. The second-order valence-electron chi connectivity index (χ2n) is 4.72. The second-order valence-corrected chi connectivity index (χ2v) is 5.88. The topological polar surface area (TPSA) is 90.9 Å². The molecule has 0 fully saturated rings. The van der Waals surface area contributed by atoms with Crippen LogP contribution in [0.4, 0.5) is 0 Å². The number of phosphoric ester groups is 1. The summed E-state index contributed by atoms with van der Waals surface area (Å²) < 4.78 is 25.7. The second kappa shape index (κ2) is 19.4. The summed E-state index contributed by atoms with van der Waals surface area (Å²) in [5, 5.41) is 0. The molecule has 0 bridgehead atoms. The molecule has 6 nitrogen and oxygen atoms in total. The molecular formula is C13H27Na2O6P. The van der Waals surface area contributed by atoms with Crippen molar-refractivity contribution in [3.05, 3.63) is 0 Å². The molecular weight excluding hydrogens is 329 g/mol. The minimum Gasteiger partial charge on any atom is -0.790 e. The van der Waals surface area contributed by atoms with Crippen LogP contribution in [0.3, 0.4) is 0 Å². The van der Waals surface area contributed by atoms with Crippen molar-refractivity contribution >= 4 is 7.82 Å². The summed E-state index contributed by atoms with van der Waals surface area (Å²) in [6.07, 6.45) is 5.68. The van der Waals surface area contributed by atoms with E-state index < -0.39 is 13.9 Å². The number of phosphoric acid groups is 1. The molecule has 0 aromatic carbocycles. The van der Waals surface area contributed by atoms with E-state index in [2.05, 4.69) is 18.4 Å². The van der Waals surface area contributed by atoms with Gasteiger partial charge in [-0.15, -0.1) is 0 Å². The Bertz CT molecular complexity index is 265. The van der Waals surface area contributed by atoms with E-state index in [1.807, 2.05) is 0 Å². The van der Waals surface area contributed by atoms with Gasteiger partial charge in [0, 0.05) is 13.2 Å². The van der Waals surface area contributed by atoms with Crippen molar-refractivity contribution in [2.24, 2.45) is 0 Å². The predicted molar refractivity (Wildman–Crippen MR) is 73.2 cm³/mol. The number of hydrogen-bond acceptors (Lipinski definition) is 6. The number of unbranched alkanes of at least 4 members (excludes halogenated alkanes) is 4. The van der Waals surface area contributed by atoms with Gasteiger partial charge in [0.2, 0.25) is 0 Å². The fourth-order valence-electron chi connectivity index (χ4n) is 1.59. The molecule has 0 aromatic heterocycles. The van der Waals surface area contributed by atoms with E-state index in [9.17, 15) is 14.4 Å². The summed E-state index contributed by atoms with van der Waals surface area (Å²) in [6, 6.07) is 0. The molecule has 122 valence electrons. The zero-order valence-electron chi connectivity index (χ0n) is 14.5. The zero-order chi connectivity index (χ0) is 15.3. The van der Waals surface area contributed by atoms with Crippen molar-refractivity contribution in [1.29, 1.82) is 0 Å².